The first-order valence-corrected chi connectivity index (χ1v) is 10.9. The first-order valence-electron chi connectivity index (χ1n) is 10.9. The monoisotopic (exact) mass is 447 g/mol. The largest absolute Gasteiger partial charge is 0.439 e. The van der Waals surface area contributed by atoms with Crippen molar-refractivity contribution in [1.29, 1.82) is 5.26 Å². The van der Waals surface area contributed by atoms with E-state index < -0.39 is 0 Å². The molecule has 7 heteroatoms. The number of aryl methyl sites for hydroxylation is 1. The molecule has 1 aliphatic carbocycles. The van der Waals surface area contributed by atoms with Crippen molar-refractivity contribution in [3.8, 4) is 17.7 Å². The van der Waals surface area contributed by atoms with Crippen LogP contribution in [0, 0.1) is 11.3 Å². The van der Waals surface area contributed by atoms with Gasteiger partial charge in [-0.3, -0.25) is 0 Å². The number of benzene rings is 3. The van der Waals surface area contributed by atoms with Crippen LogP contribution in [0.1, 0.15) is 28.7 Å². The van der Waals surface area contributed by atoms with Gasteiger partial charge in [0.05, 0.1) is 17.3 Å². The Kier molecular flexibility index (Phi) is 6.12. The van der Waals surface area contributed by atoms with Crippen LogP contribution in [0.3, 0.4) is 0 Å². The van der Waals surface area contributed by atoms with E-state index in [4.69, 9.17) is 14.8 Å². The second-order valence-electron chi connectivity index (χ2n) is 7.75. The van der Waals surface area contributed by atoms with E-state index in [9.17, 15) is 0 Å². The highest BCUT2D eigenvalue weighted by Crippen LogP contribution is 2.29. The molecule has 1 heterocycles. The molecule has 166 valence electrons. The maximum atomic E-state index is 8.92. The summed E-state index contributed by atoms with van der Waals surface area (Å²) in [6.07, 6.45) is 3.35. The summed E-state index contributed by atoms with van der Waals surface area (Å²) in [6, 6.07) is 26.8. The molecule has 0 saturated heterocycles. The van der Waals surface area contributed by atoms with Crippen molar-refractivity contribution >= 4 is 17.3 Å². The van der Waals surface area contributed by atoms with E-state index in [0.29, 0.717) is 29.7 Å². The van der Waals surface area contributed by atoms with Crippen LogP contribution in [0.2, 0.25) is 0 Å². The molecular weight excluding hydrogens is 426 g/mol. The Labute approximate surface area is 197 Å². The first-order chi connectivity index (χ1) is 16.8. The highest BCUT2D eigenvalue weighted by molar-refractivity contribution is 6.04. The highest BCUT2D eigenvalue weighted by atomic mass is 16.6. The van der Waals surface area contributed by atoms with E-state index in [1.807, 2.05) is 48.5 Å². The molecule has 0 aliphatic heterocycles. The van der Waals surface area contributed by atoms with Gasteiger partial charge in [-0.1, -0.05) is 35.5 Å². The second kappa shape index (κ2) is 9.84. The molecule has 0 spiro atoms. The third kappa shape index (κ3) is 5.03. The Hall–Kier alpha value is -4.70. The minimum Gasteiger partial charge on any atom is -0.439 e. The van der Waals surface area contributed by atoms with E-state index in [2.05, 4.69) is 26.5 Å². The summed E-state index contributed by atoms with van der Waals surface area (Å²) in [5.74, 6) is 1.55. The summed E-state index contributed by atoms with van der Waals surface area (Å²) in [4.78, 5) is 14.2. The number of fused-ring (bicyclic) bond motifs is 1. The minimum atomic E-state index is 0.411. The SMILES string of the molecule is N#Cc1ccc(Nc2nccc(Oc3ccc4c(c3)CC/C4=N\OCc3ccccc3)n2)cc1. The average Bonchev–Trinajstić information content (AvgIpc) is 3.27. The summed E-state index contributed by atoms with van der Waals surface area (Å²) >= 11 is 0. The Balaban J connectivity index is 1.24. The lowest BCUT2D eigenvalue weighted by Gasteiger charge is -2.09. The molecule has 1 N–H and O–H groups in total. The quantitative estimate of drug-likeness (QED) is 0.363. The number of anilines is 2. The van der Waals surface area contributed by atoms with Crippen molar-refractivity contribution in [3.05, 3.63) is 107 Å². The summed E-state index contributed by atoms with van der Waals surface area (Å²) in [7, 11) is 0. The predicted molar refractivity (Wildman–Crippen MR) is 129 cm³/mol. The van der Waals surface area contributed by atoms with Crippen LogP contribution in [-0.2, 0) is 17.9 Å². The van der Waals surface area contributed by atoms with Gasteiger partial charge in [-0.2, -0.15) is 10.2 Å². The van der Waals surface area contributed by atoms with Gasteiger partial charge >= 0.3 is 0 Å². The molecule has 1 aromatic heterocycles. The van der Waals surface area contributed by atoms with E-state index in [1.54, 1.807) is 36.5 Å². The van der Waals surface area contributed by atoms with E-state index in [0.717, 1.165) is 35.4 Å². The van der Waals surface area contributed by atoms with Crippen LogP contribution in [0.5, 0.6) is 11.6 Å². The second-order valence-corrected chi connectivity index (χ2v) is 7.75. The zero-order valence-corrected chi connectivity index (χ0v) is 18.3. The molecule has 7 nitrogen and oxygen atoms in total. The Morgan fingerprint density at radius 3 is 2.65 bits per heavy atom. The van der Waals surface area contributed by atoms with Gasteiger partial charge in [0.2, 0.25) is 11.8 Å². The van der Waals surface area contributed by atoms with E-state index >= 15 is 0 Å². The van der Waals surface area contributed by atoms with E-state index in [-0.39, 0.29) is 0 Å². The smallest absolute Gasteiger partial charge is 0.230 e. The number of nitrogens with zero attached hydrogens (tertiary/aromatic N) is 4. The number of hydrogen-bond donors (Lipinski definition) is 1. The fourth-order valence-electron chi connectivity index (χ4n) is 3.70. The fourth-order valence-corrected chi connectivity index (χ4v) is 3.70. The van der Waals surface area contributed by atoms with Crippen molar-refractivity contribution in [1.82, 2.24) is 9.97 Å². The number of aromatic nitrogens is 2. The van der Waals surface area contributed by atoms with Crippen LogP contribution >= 0.6 is 0 Å². The highest BCUT2D eigenvalue weighted by Gasteiger charge is 2.19. The Morgan fingerprint density at radius 2 is 1.82 bits per heavy atom. The molecule has 0 fully saturated rings. The zero-order valence-electron chi connectivity index (χ0n) is 18.3. The number of ether oxygens (including phenoxy) is 1. The van der Waals surface area contributed by atoms with Crippen molar-refractivity contribution in [2.24, 2.45) is 5.16 Å². The normalized spacial score (nSPS) is 13.2. The summed E-state index contributed by atoms with van der Waals surface area (Å²) in [5.41, 5.74) is 5.68. The fraction of sp³-hybridized carbons (Fsp3) is 0.111. The minimum absolute atomic E-state index is 0.411. The number of oxime groups is 1. The summed E-state index contributed by atoms with van der Waals surface area (Å²) in [5, 5.41) is 16.4. The van der Waals surface area contributed by atoms with Crippen LogP contribution < -0.4 is 10.1 Å². The lowest BCUT2D eigenvalue weighted by atomic mass is 10.1. The Morgan fingerprint density at radius 1 is 0.971 bits per heavy atom. The summed E-state index contributed by atoms with van der Waals surface area (Å²) < 4.78 is 5.99. The van der Waals surface area contributed by atoms with Crippen LogP contribution in [0.4, 0.5) is 11.6 Å². The molecular formula is C27H21N5O2. The van der Waals surface area contributed by atoms with Crippen molar-refractivity contribution in [3.63, 3.8) is 0 Å². The summed E-state index contributed by atoms with van der Waals surface area (Å²) in [6.45, 7) is 0.452. The zero-order chi connectivity index (χ0) is 23.2. The molecule has 5 rings (SSSR count). The van der Waals surface area contributed by atoms with Gasteiger partial charge in [-0.05, 0) is 66.4 Å². The molecule has 3 aromatic carbocycles. The van der Waals surface area contributed by atoms with Gasteiger partial charge < -0.3 is 14.9 Å². The van der Waals surface area contributed by atoms with E-state index in [1.165, 1.54) is 5.56 Å². The molecule has 1 aliphatic rings. The molecule has 34 heavy (non-hydrogen) atoms. The average molecular weight is 447 g/mol. The van der Waals surface area contributed by atoms with Gasteiger partial charge in [0, 0.05) is 23.5 Å². The lowest BCUT2D eigenvalue weighted by molar-refractivity contribution is 0.130. The van der Waals surface area contributed by atoms with Gasteiger partial charge in [0.1, 0.15) is 12.4 Å². The first kappa shape index (κ1) is 21.2. The van der Waals surface area contributed by atoms with Gasteiger partial charge in [-0.25, -0.2) is 4.98 Å². The van der Waals surface area contributed by atoms with Crippen molar-refractivity contribution < 1.29 is 9.57 Å². The van der Waals surface area contributed by atoms with Crippen LogP contribution in [0.25, 0.3) is 0 Å². The third-order valence-corrected chi connectivity index (χ3v) is 5.39. The Bertz CT molecular complexity index is 1360. The third-order valence-electron chi connectivity index (χ3n) is 5.39. The number of nitriles is 1. The molecule has 0 bridgehead atoms. The lowest BCUT2D eigenvalue weighted by Crippen LogP contribution is -1.99. The number of nitrogens with one attached hydrogen (secondary N) is 1. The number of rotatable bonds is 7. The molecule has 0 unspecified atom stereocenters. The number of hydrogen-bond acceptors (Lipinski definition) is 7. The molecule has 0 atom stereocenters. The van der Waals surface area contributed by atoms with Crippen LogP contribution in [0.15, 0.2) is 90.2 Å². The molecule has 0 amide bonds. The van der Waals surface area contributed by atoms with Crippen LogP contribution in [-0.4, -0.2) is 15.7 Å². The van der Waals surface area contributed by atoms with Crippen molar-refractivity contribution in [2.45, 2.75) is 19.4 Å². The predicted octanol–water partition coefficient (Wildman–Crippen LogP) is 5.75. The molecule has 4 aromatic rings. The molecule has 0 radical (unpaired) electrons. The van der Waals surface area contributed by atoms with Gasteiger partial charge in [0.15, 0.2) is 0 Å². The van der Waals surface area contributed by atoms with Crippen molar-refractivity contribution in [2.75, 3.05) is 5.32 Å². The maximum absolute atomic E-state index is 8.92. The van der Waals surface area contributed by atoms with Gasteiger partial charge in [-0.15, -0.1) is 0 Å². The molecule has 0 saturated carbocycles. The van der Waals surface area contributed by atoms with Gasteiger partial charge in [0.25, 0.3) is 0 Å². The standard InChI is InChI=1S/C27H21N5O2/c28-17-19-6-9-22(10-7-19)30-27-29-15-14-26(31-27)34-23-11-12-24-21(16-23)8-13-25(24)32-33-18-20-4-2-1-3-5-20/h1-7,9-12,14-16H,8,13,18H2,(H,29,30,31)/b32-25+. The topological polar surface area (TPSA) is 92.4 Å². The maximum Gasteiger partial charge on any atom is 0.230 e.